The number of ketones is 2. The summed E-state index contributed by atoms with van der Waals surface area (Å²) in [5, 5.41) is 13.9. The number of ether oxygens (including phenoxy) is 2. The number of nitro groups is 1. The van der Waals surface area contributed by atoms with E-state index in [1.807, 2.05) is 0 Å². The standard InChI is InChI=1S/C16H13N3O6S/c1-24-11-5-8(6-17-16-18-7-12(26-16)19(22)23)15(25-2)14-10(21)4-3-9(20)13(11)14/h3-5,7H,6H2,1-2H3,(H,17,18). The second kappa shape index (κ2) is 6.92. The lowest BCUT2D eigenvalue weighted by Crippen LogP contribution is -2.17. The number of anilines is 1. The van der Waals surface area contributed by atoms with Crippen LogP contribution in [0.2, 0.25) is 0 Å². The van der Waals surface area contributed by atoms with Crippen molar-refractivity contribution in [1.82, 2.24) is 4.98 Å². The van der Waals surface area contributed by atoms with Crippen LogP contribution in [-0.2, 0) is 6.54 Å². The van der Waals surface area contributed by atoms with Gasteiger partial charge in [-0.25, -0.2) is 4.98 Å². The Bertz CT molecular complexity index is 950. The largest absolute Gasteiger partial charge is 0.496 e. The van der Waals surface area contributed by atoms with Gasteiger partial charge < -0.3 is 14.8 Å². The summed E-state index contributed by atoms with van der Waals surface area (Å²) in [5.74, 6) is -0.196. The average Bonchev–Trinajstić information content (AvgIpc) is 3.11. The Balaban J connectivity index is 1.99. The van der Waals surface area contributed by atoms with Crippen molar-refractivity contribution < 1.29 is 24.0 Å². The van der Waals surface area contributed by atoms with E-state index in [1.165, 1.54) is 26.4 Å². The Morgan fingerprint density at radius 3 is 2.46 bits per heavy atom. The van der Waals surface area contributed by atoms with E-state index in [-0.39, 0.29) is 45.7 Å². The number of rotatable bonds is 6. The number of hydrogen-bond acceptors (Lipinski definition) is 9. The summed E-state index contributed by atoms with van der Waals surface area (Å²) in [6.45, 7) is 0.169. The molecule has 0 saturated carbocycles. The number of fused-ring (bicyclic) bond motifs is 1. The van der Waals surface area contributed by atoms with Gasteiger partial charge in [0.25, 0.3) is 0 Å². The van der Waals surface area contributed by atoms with Crippen LogP contribution >= 0.6 is 11.3 Å². The molecule has 0 unspecified atom stereocenters. The minimum atomic E-state index is -0.526. The number of thiazole rings is 1. The Hall–Kier alpha value is -3.27. The molecule has 9 nitrogen and oxygen atoms in total. The number of nitrogens with zero attached hydrogens (tertiary/aromatic N) is 2. The molecule has 0 aliphatic heterocycles. The van der Waals surface area contributed by atoms with Crippen LogP contribution in [0.15, 0.2) is 24.4 Å². The molecule has 1 N–H and O–H groups in total. The molecular formula is C16H13N3O6S. The molecule has 0 saturated heterocycles. The summed E-state index contributed by atoms with van der Waals surface area (Å²) in [6, 6.07) is 1.59. The molecule has 2 aromatic rings. The average molecular weight is 375 g/mol. The van der Waals surface area contributed by atoms with Gasteiger partial charge in [0.15, 0.2) is 16.7 Å². The molecule has 0 radical (unpaired) electrons. The van der Waals surface area contributed by atoms with E-state index in [4.69, 9.17) is 9.47 Å². The third kappa shape index (κ3) is 3.02. The van der Waals surface area contributed by atoms with Crippen molar-refractivity contribution >= 4 is 33.0 Å². The third-order valence-electron chi connectivity index (χ3n) is 3.73. The maximum absolute atomic E-state index is 12.3. The normalized spacial score (nSPS) is 12.7. The summed E-state index contributed by atoms with van der Waals surface area (Å²) >= 11 is 0.888. The van der Waals surface area contributed by atoms with Gasteiger partial charge in [0.2, 0.25) is 0 Å². The molecule has 1 aromatic heterocycles. The highest BCUT2D eigenvalue weighted by atomic mass is 32.1. The zero-order valence-corrected chi connectivity index (χ0v) is 14.6. The van der Waals surface area contributed by atoms with E-state index in [9.17, 15) is 19.7 Å². The molecular weight excluding hydrogens is 362 g/mol. The minimum Gasteiger partial charge on any atom is -0.496 e. The molecule has 0 fully saturated rings. The SMILES string of the molecule is COc1cc(CNc2ncc([N+](=O)[O-])s2)c(OC)c2c1C(=O)C=CC2=O. The lowest BCUT2D eigenvalue weighted by atomic mass is 9.90. The van der Waals surface area contributed by atoms with Crippen LogP contribution in [0.5, 0.6) is 11.5 Å². The zero-order valence-electron chi connectivity index (χ0n) is 13.8. The fourth-order valence-electron chi connectivity index (χ4n) is 2.62. The summed E-state index contributed by atoms with van der Waals surface area (Å²) in [6.07, 6.45) is 3.54. The van der Waals surface area contributed by atoms with Crippen molar-refractivity contribution in [3.05, 3.63) is 51.2 Å². The zero-order chi connectivity index (χ0) is 18.8. The predicted octanol–water partition coefficient (Wildman–Crippen LogP) is 2.62. The highest BCUT2D eigenvalue weighted by molar-refractivity contribution is 7.18. The molecule has 134 valence electrons. The van der Waals surface area contributed by atoms with Crippen molar-refractivity contribution in [2.75, 3.05) is 19.5 Å². The van der Waals surface area contributed by atoms with E-state index in [2.05, 4.69) is 10.3 Å². The number of carbonyl (C=O) groups is 2. The van der Waals surface area contributed by atoms with Gasteiger partial charge >= 0.3 is 5.00 Å². The van der Waals surface area contributed by atoms with Gasteiger partial charge in [-0.15, -0.1) is 0 Å². The molecule has 0 bridgehead atoms. The topological polar surface area (TPSA) is 121 Å². The first-order chi connectivity index (χ1) is 12.5. The molecule has 0 spiro atoms. The molecule has 1 aliphatic carbocycles. The lowest BCUT2D eigenvalue weighted by molar-refractivity contribution is -0.380. The first-order valence-corrected chi connectivity index (χ1v) is 8.16. The van der Waals surface area contributed by atoms with Crippen LogP contribution < -0.4 is 14.8 Å². The maximum atomic E-state index is 12.3. The van der Waals surface area contributed by atoms with Gasteiger partial charge in [0.1, 0.15) is 17.7 Å². The van der Waals surface area contributed by atoms with E-state index in [1.54, 1.807) is 6.07 Å². The van der Waals surface area contributed by atoms with Crippen molar-refractivity contribution in [3.63, 3.8) is 0 Å². The van der Waals surface area contributed by atoms with E-state index < -0.39 is 4.92 Å². The number of nitrogens with one attached hydrogen (secondary N) is 1. The Labute approximate surface area is 151 Å². The van der Waals surface area contributed by atoms with Crippen LogP contribution in [0.3, 0.4) is 0 Å². The van der Waals surface area contributed by atoms with E-state index in [0.29, 0.717) is 10.7 Å². The van der Waals surface area contributed by atoms with Crippen LogP contribution in [0, 0.1) is 10.1 Å². The molecule has 1 heterocycles. The number of hydrogen-bond donors (Lipinski definition) is 1. The molecule has 3 rings (SSSR count). The first-order valence-electron chi connectivity index (χ1n) is 7.35. The molecule has 26 heavy (non-hydrogen) atoms. The number of allylic oxidation sites excluding steroid dienone is 2. The Morgan fingerprint density at radius 1 is 1.19 bits per heavy atom. The summed E-state index contributed by atoms with van der Waals surface area (Å²) in [4.78, 5) is 38.6. The van der Waals surface area contributed by atoms with Crippen LogP contribution in [-0.4, -0.2) is 35.7 Å². The highest BCUT2D eigenvalue weighted by Gasteiger charge is 2.29. The maximum Gasteiger partial charge on any atom is 0.345 e. The highest BCUT2D eigenvalue weighted by Crippen LogP contribution is 2.38. The first kappa shape index (κ1) is 17.5. The van der Waals surface area contributed by atoms with Crippen molar-refractivity contribution in [2.24, 2.45) is 0 Å². The monoisotopic (exact) mass is 375 g/mol. The van der Waals surface area contributed by atoms with Gasteiger partial charge in [-0.05, 0) is 29.6 Å². The van der Waals surface area contributed by atoms with Crippen molar-refractivity contribution in [3.8, 4) is 11.5 Å². The number of methoxy groups -OCH3 is 2. The van der Waals surface area contributed by atoms with E-state index in [0.717, 1.165) is 17.5 Å². The Kier molecular flexibility index (Phi) is 4.67. The van der Waals surface area contributed by atoms with Gasteiger partial charge in [-0.2, -0.15) is 0 Å². The molecule has 0 amide bonds. The molecule has 1 aliphatic rings. The second-order valence-electron chi connectivity index (χ2n) is 5.20. The summed E-state index contributed by atoms with van der Waals surface area (Å²) in [7, 11) is 2.80. The molecule has 10 heteroatoms. The summed E-state index contributed by atoms with van der Waals surface area (Å²) < 4.78 is 10.6. The number of aromatic nitrogens is 1. The number of benzene rings is 1. The van der Waals surface area contributed by atoms with Gasteiger partial charge in [0.05, 0.1) is 30.3 Å². The third-order valence-corrected chi connectivity index (χ3v) is 4.63. The van der Waals surface area contributed by atoms with Crippen LogP contribution in [0.4, 0.5) is 10.1 Å². The second-order valence-corrected chi connectivity index (χ2v) is 6.21. The fraction of sp³-hybridized carbons (Fsp3) is 0.188. The van der Waals surface area contributed by atoms with E-state index >= 15 is 0 Å². The molecule has 0 atom stereocenters. The fourth-order valence-corrected chi connectivity index (χ4v) is 3.25. The minimum absolute atomic E-state index is 0.0894. The number of carbonyl (C=O) groups excluding carboxylic acids is 2. The van der Waals surface area contributed by atoms with Gasteiger partial charge in [-0.3, -0.25) is 19.7 Å². The van der Waals surface area contributed by atoms with Crippen molar-refractivity contribution in [2.45, 2.75) is 6.54 Å². The van der Waals surface area contributed by atoms with Crippen LogP contribution in [0.25, 0.3) is 0 Å². The lowest BCUT2D eigenvalue weighted by Gasteiger charge is -2.20. The van der Waals surface area contributed by atoms with Crippen molar-refractivity contribution in [1.29, 1.82) is 0 Å². The van der Waals surface area contributed by atoms with Crippen LogP contribution in [0.1, 0.15) is 26.3 Å². The Morgan fingerprint density at radius 2 is 1.88 bits per heavy atom. The smallest absolute Gasteiger partial charge is 0.345 e. The predicted molar refractivity (Wildman–Crippen MR) is 93.4 cm³/mol. The summed E-state index contributed by atoms with van der Waals surface area (Å²) in [5.41, 5.74) is 0.851. The molecule has 1 aromatic carbocycles. The van der Waals surface area contributed by atoms with Gasteiger partial charge in [0, 0.05) is 12.1 Å². The van der Waals surface area contributed by atoms with Gasteiger partial charge in [-0.1, -0.05) is 0 Å². The quantitative estimate of drug-likeness (QED) is 0.604.